The summed E-state index contributed by atoms with van der Waals surface area (Å²) in [4.78, 5) is 4.40. The Labute approximate surface area is 239 Å². The van der Waals surface area contributed by atoms with Gasteiger partial charge in [-0.25, -0.2) is 4.90 Å². The lowest BCUT2D eigenvalue weighted by atomic mass is 9.58. The van der Waals surface area contributed by atoms with Gasteiger partial charge in [0.05, 0.1) is 31.2 Å². The zero-order chi connectivity index (χ0) is 27.6. The molecule has 7 rings (SSSR count). The number of ether oxygens (including phenoxy) is 1. The second kappa shape index (κ2) is 11.2. The number of hydrogen-bond donors (Lipinski definition) is 8. The molecule has 4 aliphatic heterocycles. The van der Waals surface area contributed by atoms with Gasteiger partial charge < -0.3 is 25.6 Å². The van der Waals surface area contributed by atoms with E-state index in [1.165, 1.54) is 64.2 Å². The topological polar surface area (TPSA) is 142 Å². The molecule has 0 aromatic rings. The minimum atomic E-state index is -0.942. The van der Waals surface area contributed by atoms with E-state index in [1.807, 2.05) is 0 Å². The molecule has 0 aromatic carbocycles. The zero-order valence-electron chi connectivity index (χ0n) is 24.5. The summed E-state index contributed by atoms with van der Waals surface area (Å²) >= 11 is 0. The van der Waals surface area contributed by atoms with E-state index in [4.69, 9.17) is 10.5 Å². The summed E-state index contributed by atoms with van der Waals surface area (Å²) in [6, 6.07) is 1.89. The van der Waals surface area contributed by atoms with Gasteiger partial charge in [-0.2, -0.15) is 0 Å². The Bertz CT molecular complexity index is 889. The van der Waals surface area contributed by atoms with Crippen LogP contribution >= 0.6 is 0 Å². The quantitative estimate of drug-likeness (QED) is 0.188. The first-order valence-corrected chi connectivity index (χ1v) is 16.2. The van der Waals surface area contributed by atoms with Crippen LogP contribution in [0.5, 0.6) is 0 Å². The number of aliphatic hydroxyl groups is 2. The summed E-state index contributed by atoms with van der Waals surface area (Å²) in [5.74, 6) is 1.69. The highest BCUT2D eigenvalue weighted by molar-refractivity contribution is 5.04. The summed E-state index contributed by atoms with van der Waals surface area (Å²) in [6.07, 6.45) is 10.8. The monoisotopic (exact) mass is 562 g/mol. The van der Waals surface area contributed by atoms with Crippen LogP contribution in [0.4, 0.5) is 0 Å². The third-order valence-electron chi connectivity index (χ3n) is 12.2. The van der Waals surface area contributed by atoms with Crippen molar-refractivity contribution in [3.8, 4) is 0 Å². The molecule has 4 saturated heterocycles. The fourth-order valence-electron chi connectivity index (χ4n) is 9.20. The third kappa shape index (κ3) is 5.17. The Hall–Kier alpha value is -0.440. The zero-order valence-corrected chi connectivity index (χ0v) is 24.5. The fraction of sp³-hybridized carbons (Fsp3) is 1.00. The summed E-state index contributed by atoms with van der Waals surface area (Å²) in [5.41, 5.74) is 6.83. The van der Waals surface area contributed by atoms with Gasteiger partial charge in [-0.1, -0.05) is 13.3 Å². The van der Waals surface area contributed by atoms with E-state index < -0.39 is 24.5 Å². The molecule has 7 aliphatic rings. The van der Waals surface area contributed by atoms with Crippen LogP contribution in [0, 0.1) is 17.3 Å². The molecule has 11 atom stereocenters. The first kappa shape index (κ1) is 28.3. The number of nitrogens with two attached hydrogens (primary N) is 1. The van der Waals surface area contributed by atoms with Gasteiger partial charge in [-0.3, -0.25) is 26.6 Å². The van der Waals surface area contributed by atoms with Crippen LogP contribution in [0.2, 0.25) is 0 Å². The molecule has 228 valence electrons. The van der Waals surface area contributed by atoms with Crippen LogP contribution < -0.4 is 32.3 Å². The molecule has 7 fully saturated rings. The summed E-state index contributed by atoms with van der Waals surface area (Å²) in [5, 5.41) is 39.7. The largest absolute Gasteiger partial charge is 0.387 e. The molecule has 11 heteroatoms. The molecular weight excluding hydrogens is 508 g/mol. The van der Waals surface area contributed by atoms with Crippen molar-refractivity contribution in [3.05, 3.63) is 0 Å². The standard InChI is InChI=1S/C29H54N8O3/c1-29(8-3-9-29)17-5-6-19-20(12-17)35-22(34-19)7-4-16-10-18(11-16)36(2)13-21-24(38)25(39)28(40-21)37-15-33-23-26(30)31-14-32-27(23)37/h16-28,31-35,38-39H,3-15,30H2,1-2H3/t16?,17?,18?,19?,20?,21-,22?,23?,24-,25-,26?,27?,28-/m1/s1. The highest BCUT2D eigenvalue weighted by Gasteiger charge is 2.52. The lowest BCUT2D eigenvalue weighted by molar-refractivity contribution is -0.108. The van der Waals surface area contributed by atoms with Gasteiger partial charge >= 0.3 is 0 Å². The molecule has 4 heterocycles. The molecule has 9 N–H and O–H groups in total. The number of hydrogen-bond acceptors (Lipinski definition) is 11. The second-order valence-corrected chi connectivity index (χ2v) is 14.6. The van der Waals surface area contributed by atoms with Crippen molar-refractivity contribution >= 4 is 0 Å². The molecule has 0 amide bonds. The average molecular weight is 563 g/mol. The average Bonchev–Trinajstić information content (AvgIpc) is 3.58. The Morgan fingerprint density at radius 3 is 2.58 bits per heavy atom. The van der Waals surface area contributed by atoms with Gasteiger partial charge in [0.1, 0.15) is 24.5 Å². The maximum Gasteiger partial charge on any atom is 0.142 e. The third-order valence-corrected chi connectivity index (χ3v) is 12.2. The van der Waals surface area contributed by atoms with E-state index in [-0.39, 0.29) is 18.4 Å². The van der Waals surface area contributed by atoms with E-state index in [2.05, 4.69) is 50.4 Å². The Morgan fingerprint density at radius 2 is 1.80 bits per heavy atom. The van der Waals surface area contributed by atoms with E-state index in [0.29, 0.717) is 49.6 Å². The summed E-state index contributed by atoms with van der Waals surface area (Å²) < 4.78 is 6.30. The van der Waals surface area contributed by atoms with E-state index in [1.54, 1.807) is 0 Å². The van der Waals surface area contributed by atoms with Crippen LogP contribution in [0.25, 0.3) is 0 Å². The molecule has 40 heavy (non-hydrogen) atoms. The number of rotatable bonds is 8. The molecule has 0 radical (unpaired) electrons. The van der Waals surface area contributed by atoms with Crippen molar-refractivity contribution < 1.29 is 14.9 Å². The van der Waals surface area contributed by atoms with Crippen molar-refractivity contribution in [2.24, 2.45) is 23.0 Å². The lowest BCUT2D eigenvalue weighted by Crippen LogP contribution is -2.68. The number of likely N-dealkylation sites (N-methyl/N-ethyl adjacent to an activating group) is 1. The van der Waals surface area contributed by atoms with Crippen LogP contribution in [-0.2, 0) is 4.74 Å². The molecular formula is C29H54N8O3. The van der Waals surface area contributed by atoms with Gasteiger partial charge in [-0.15, -0.1) is 0 Å². The van der Waals surface area contributed by atoms with Crippen LogP contribution in [-0.4, -0.2) is 114 Å². The van der Waals surface area contributed by atoms with Crippen LogP contribution in [0.15, 0.2) is 0 Å². The van der Waals surface area contributed by atoms with Crippen molar-refractivity contribution in [2.75, 3.05) is 26.9 Å². The molecule has 0 bridgehead atoms. The van der Waals surface area contributed by atoms with Crippen molar-refractivity contribution in [3.63, 3.8) is 0 Å². The molecule has 0 spiro atoms. The normalized spacial score (nSPS) is 50.4. The summed E-state index contributed by atoms with van der Waals surface area (Å²) in [7, 11) is 2.14. The summed E-state index contributed by atoms with van der Waals surface area (Å²) in [6.45, 7) is 4.33. The molecule has 11 nitrogen and oxygen atoms in total. The Kier molecular flexibility index (Phi) is 7.96. The Balaban J connectivity index is 0.832. The highest BCUT2D eigenvalue weighted by Crippen LogP contribution is 2.52. The predicted octanol–water partition coefficient (Wildman–Crippen LogP) is -0.837. The van der Waals surface area contributed by atoms with Crippen molar-refractivity contribution in [1.82, 2.24) is 36.4 Å². The van der Waals surface area contributed by atoms with Crippen LogP contribution in [0.3, 0.4) is 0 Å². The van der Waals surface area contributed by atoms with E-state index >= 15 is 0 Å². The predicted molar refractivity (Wildman–Crippen MR) is 153 cm³/mol. The number of aliphatic hydroxyl groups excluding tert-OH is 2. The van der Waals surface area contributed by atoms with Crippen LogP contribution in [0.1, 0.15) is 71.1 Å². The number of nitrogens with zero attached hydrogens (tertiary/aromatic N) is 2. The van der Waals surface area contributed by atoms with E-state index in [9.17, 15) is 10.2 Å². The van der Waals surface area contributed by atoms with Gasteiger partial charge in [0.2, 0.25) is 0 Å². The first-order chi connectivity index (χ1) is 19.3. The maximum absolute atomic E-state index is 10.9. The minimum absolute atomic E-state index is 0.0294. The first-order valence-electron chi connectivity index (χ1n) is 16.2. The lowest BCUT2D eigenvalue weighted by Gasteiger charge is -2.48. The Morgan fingerprint density at radius 1 is 1.00 bits per heavy atom. The minimum Gasteiger partial charge on any atom is -0.387 e. The van der Waals surface area contributed by atoms with Gasteiger partial charge in [0.15, 0.2) is 0 Å². The SMILES string of the molecule is CN(C[C@H]1O[C@@H](N2CNC3C(N)NCNC32)[C@H](O)[C@@H]1O)C1CC(CCC2NC3CCC(C4(C)CCC4)CC3N2)C1. The highest BCUT2D eigenvalue weighted by atomic mass is 16.6. The van der Waals surface area contributed by atoms with Gasteiger partial charge in [0, 0.05) is 31.3 Å². The van der Waals surface area contributed by atoms with E-state index in [0.717, 1.165) is 11.8 Å². The fourth-order valence-corrected chi connectivity index (χ4v) is 9.20. The van der Waals surface area contributed by atoms with Crippen molar-refractivity contribution in [1.29, 1.82) is 0 Å². The second-order valence-electron chi connectivity index (χ2n) is 14.6. The van der Waals surface area contributed by atoms with Gasteiger partial charge in [0.25, 0.3) is 0 Å². The molecule has 3 aliphatic carbocycles. The molecule has 3 saturated carbocycles. The molecule has 7 unspecified atom stereocenters. The van der Waals surface area contributed by atoms with Crippen molar-refractivity contribution in [2.45, 2.75) is 138 Å². The maximum atomic E-state index is 10.9. The number of fused-ring (bicyclic) bond motifs is 2. The smallest absolute Gasteiger partial charge is 0.142 e. The molecule has 0 aromatic heterocycles. The van der Waals surface area contributed by atoms with Gasteiger partial charge in [-0.05, 0) is 82.1 Å². The number of nitrogens with one attached hydrogen (secondary N) is 5.